The van der Waals surface area contributed by atoms with Gasteiger partial charge in [0, 0.05) is 5.39 Å². The van der Waals surface area contributed by atoms with E-state index < -0.39 is 5.91 Å². The highest BCUT2D eigenvalue weighted by Crippen LogP contribution is 2.34. The Labute approximate surface area is 187 Å². The molecule has 0 aliphatic rings. The second-order valence-corrected chi connectivity index (χ2v) is 7.39. The number of hydrogen-bond acceptors (Lipinski definition) is 4. The fourth-order valence-corrected chi connectivity index (χ4v) is 3.50. The molecule has 1 N–H and O–H groups in total. The van der Waals surface area contributed by atoms with Gasteiger partial charge in [0.2, 0.25) is 0 Å². The van der Waals surface area contributed by atoms with Crippen molar-refractivity contribution < 1.29 is 18.3 Å². The lowest BCUT2D eigenvalue weighted by Crippen LogP contribution is -2.16. The SMILES string of the molecule is O=C(N/N=C/c1cc(Cl)c(OCc2cccc(F)c2)c(Cl)c1)c1cc2ccccc2o1. The maximum absolute atomic E-state index is 13.3. The largest absolute Gasteiger partial charge is 0.486 e. The second-order valence-electron chi connectivity index (χ2n) is 6.58. The van der Waals surface area contributed by atoms with Crippen LogP contribution in [0.25, 0.3) is 11.0 Å². The van der Waals surface area contributed by atoms with Crippen molar-refractivity contribution in [2.45, 2.75) is 6.61 Å². The summed E-state index contributed by atoms with van der Waals surface area (Å²) >= 11 is 12.5. The number of furan rings is 1. The number of ether oxygens (including phenoxy) is 1. The van der Waals surface area contributed by atoms with Gasteiger partial charge in [0.25, 0.3) is 0 Å². The first kappa shape index (κ1) is 20.9. The van der Waals surface area contributed by atoms with E-state index in [2.05, 4.69) is 10.5 Å². The first-order valence-electron chi connectivity index (χ1n) is 9.18. The Bertz CT molecular complexity index is 1230. The molecule has 1 heterocycles. The van der Waals surface area contributed by atoms with Crippen LogP contribution in [0, 0.1) is 5.82 Å². The molecule has 0 spiro atoms. The number of hydrogen-bond donors (Lipinski definition) is 1. The number of nitrogens with one attached hydrogen (secondary N) is 1. The zero-order chi connectivity index (χ0) is 21.8. The standard InChI is InChI=1S/C23H15Cl2FN2O3/c24-18-9-15(10-19(25)22(18)30-13-14-4-3-6-17(26)8-14)12-27-28-23(29)21-11-16-5-1-2-7-20(16)31-21/h1-12H,13H2,(H,28,29)/b27-12+. The molecule has 0 bridgehead atoms. The summed E-state index contributed by atoms with van der Waals surface area (Å²) in [7, 11) is 0. The number of benzene rings is 3. The fraction of sp³-hybridized carbons (Fsp3) is 0.0435. The molecule has 31 heavy (non-hydrogen) atoms. The molecule has 156 valence electrons. The smallest absolute Gasteiger partial charge is 0.307 e. The summed E-state index contributed by atoms with van der Waals surface area (Å²) in [6.07, 6.45) is 1.40. The van der Waals surface area contributed by atoms with Crippen LogP contribution in [0.2, 0.25) is 10.0 Å². The molecular weight excluding hydrogens is 442 g/mol. The molecule has 4 rings (SSSR count). The molecule has 0 unspecified atom stereocenters. The molecule has 0 aliphatic carbocycles. The Morgan fingerprint density at radius 1 is 1.06 bits per heavy atom. The summed E-state index contributed by atoms with van der Waals surface area (Å²) in [5.41, 5.74) is 4.21. The van der Waals surface area contributed by atoms with Gasteiger partial charge in [0.15, 0.2) is 11.5 Å². The minimum absolute atomic E-state index is 0.109. The second kappa shape index (κ2) is 9.20. The average Bonchev–Trinajstić information content (AvgIpc) is 3.18. The van der Waals surface area contributed by atoms with Gasteiger partial charge < -0.3 is 9.15 Å². The van der Waals surface area contributed by atoms with Crippen LogP contribution in [0.3, 0.4) is 0 Å². The van der Waals surface area contributed by atoms with Gasteiger partial charge in [-0.15, -0.1) is 0 Å². The maximum atomic E-state index is 13.3. The highest BCUT2D eigenvalue weighted by molar-refractivity contribution is 6.37. The number of halogens is 3. The van der Waals surface area contributed by atoms with Gasteiger partial charge in [-0.05, 0) is 47.5 Å². The maximum Gasteiger partial charge on any atom is 0.307 e. The van der Waals surface area contributed by atoms with Gasteiger partial charge in [-0.25, -0.2) is 9.82 Å². The average molecular weight is 457 g/mol. The van der Waals surface area contributed by atoms with Gasteiger partial charge in [0.05, 0.1) is 16.3 Å². The fourth-order valence-electron chi connectivity index (χ4n) is 2.89. The Morgan fingerprint density at radius 3 is 2.58 bits per heavy atom. The number of rotatable bonds is 6. The lowest BCUT2D eigenvalue weighted by Gasteiger charge is -2.11. The number of fused-ring (bicyclic) bond motifs is 1. The third-order valence-corrected chi connectivity index (χ3v) is 4.88. The minimum atomic E-state index is -0.486. The lowest BCUT2D eigenvalue weighted by atomic mass is 10.2. The number of carbonyl (C=O) groups is 1. The van der Waals surface area contributed by atoms with Crippen LogP contribution in [0.4, 0.5) is 4.39 Å². The summed E-state index contributed by atoms with van der Waals surface area (Å²) in [5.74, 6) is -0.416. The van der Waals surface area contributed by atoms with Gasteiger partial charge in [-0.3, -0.25) is 4.79 Å². The summed E-state index contributed by atoms with van der Waals surface area (Å²) in [6.45, 7) is 0.109. The van der Waals surface area contributed by atoms with Crippen molar-refractivity contribution in [2.24, 2.45) is 5.10 Å². The van der Waals surface area contributed by atoms with Gasteiger partial charge in [0.1, 0.15) is 18.0 Å². The molecule has 0 saturated carbocycles. The van der Waals surface area contributed by atoms with E-state index in [-0.39, 0.29) is 34.0 Å². The summed E-state index contributed by atoms with van der Waals surface area (Å²) in [4.78, 5) is 12.2. The van der Waals surface area contributed by atoms with Crippen LogP contribution in [0.5, 0.6) is 5.75 Å². The van der Waals surface area contributed by atoms with E-state index in [9.17, 15) is 9.18 Å². The highest BCUT2D eigenvalue weighted by Gasteiger charge is 2.12. The molecule has 0 atom stereocenters. The lowest BCUT2D eigenvalue weighted by molar-refractivity contribution is 0.0929. The minimum Gasteiger partial charge on any atom is -0.486 e. The normalized spacial score (nSPS) is 11.2. The predicted molar refractivity (Wildman–Crippen MR) is 118 cm³/mol. The van der Waals surface area contributed by atoms with E-state index in [1.807, 2.05) is 18.2 Å². The van der Waals surface area contributed by atoms with E-state index in [0.717, 1.165) is 5.39 Å². The van der Waals surface area contributed by atoms with Gasteiger partial charge in [-0.2, -0.15) is 5.10 Å². The van der Waals surface area contributed by atoms with Crippen molar-refractivity contribution in [1.29, 1.82) is 0 Å². The number of carbonyl (C=O) groups excluding carboxylic acids is 1. The van der Waals surface area contributed by atoms with Crippen LogP contribution in [-0.4, -0.2) is 12.1 Å². The van der Waals surface area contributed by atoms with Crippen molar-refractivity contribution in [3.05, 3.63) is 99.5 Å². The molecule has 0 radical (unpaired) electrons. The van der Waals surface area contributed by atoms with Gasteiger partial charge >= 0.3 is 5.91 Å². The molecule has 1 amide bonds. The van der Waals surface area contributed by atoms with E-state index >= 15 is 0 Å². The molecular formula is C23H15Cl2FN2O3. The number of para-hydroxylation sites is 1. The van der Waals surface area contributed by atoms with Gasteiger partial charge in [-0.1, -0.05) is 53.5 Å². The van der Waals surface area contributed by atoms with Crippen LogP contribution < -0.4 is 10.2 Å². The summed E-state index contributed by atoms with van der Waals surface area (Å²) in [6, 6.07) is 18.2. The van der Waals surface area contributed by atoms with Crippen LogP contribution >= 0.6 is 23.2 Å². The van der Waals surface area contributed by atoms with Crippen molar-refractivity contribution in [3.63, 3.8) is 0 Å². The quantitative estimate of drug-likeness (QED) is 0.276. The molecule has 1 aromatic heterocycles. The van der Waals surface area contributed by atoms with Crippen LogP contribution in [0.15, 0.2) is 76.2 Å². The van der Waals surface area contributed by atoms with E-state index in [1.54, 1.807) is 36.4 Å². The van der Waals surface area contributed by atoms with E-state index in [1.165, 1.54) is 18.3 Å². The Morgan fingerprint density at radius 2 is 1.84 bits per heavy atom. The third-order valence-electron chi connectivity index (χ3n) is 4.32. The first-order valence-corrected chi connectivity index (χ1v) is 9.93. The molecule has 0 fully saturated rings. The molecule has 3 aromatic carbocycles. The molecule has 0 aliphatic heterocycles. The molecule has 5 nitrogen and oxygen atoms in total. The number of hydrazone groups is 1. The van der Waals surface area contributed by atoms with Crippen molar-refractivity contribution in [2.75, 3.05) is 0 Å². The summed E-state index contributed by atoms with van der Waals surface area (Å²) in [5, 5.41) is 5.26. The van der Waals surface area contributed by atoms with Crippen LogP contribution in [0.1, 0.15) is 21.7 Å². The molecule has 0 saturated heterocycles. The predicted octanol–water partition coefficient (Wildman–Crippen LogP) is 6.22. The molecule has 8 heteroatoms. The number of nitrogens with zero attached hydrogens (tertiary/aromatic N) is 1. The topological polar surface area (TPSA) is 63.8 Å². The van der Waals surface area contributed by atoms with Crippen LogP contribution in [-0.2, 0) is 6.61 Å². The Balaban J connectivity index is 1.41. The first-order chi connectivity index (χ1) is 15.0. The van der Waals surface area contributed by atoms with E-state index in [0.29, 0.717) is 16.7 Å². The highest BCUT2D eigenvalue weighted by atomic mass is 35.5. The van der Waals surface area contributed by atoms with E-state index in [4.69, 9.17) is 32.4 Å². The Kier molecular flexibility index (Phi) is 6.21. The Hall–Kier alpha value is -3.35. The molecule has 4 aromatic rings. The van der Waals surface area contributed by atoms with Crippen molar-refractivity contribution in [3.8, 4) is 5.75 Å². The third kappa shape index (κ3) is 5.05. The zero-order valence-corrected chi connectivity index (χ0v) is 17.5. The van der Waals surface area contributed by atoms with Crippen molar-refractivity contribution in [1.82, 2.24) is 5.43 Å². The zero-order valence-electron chi connectivity index (χ0n) is 15.9. The number of amides is 1. The van der Waals surface area contributed by atoms with Crippen molar-refractivity contribution >= 4 is 46.3 Å². The summed E-state index contributed by atoms with van der Waals surface area (Å²) < 4.78 is 24.4. The monoisotopic (exact) mass is 456 g/mol.